The van der Waals surface area contributed by atoms with Gasteiger partial charge in [-0.05, 0) is 113 Å². The third kappa shape index (κ3) is 4.57. The van der Waals surface area contributed by atoms with Crippen LogP contribution in [-0.4, -0.2) is 31.2 Å². The maximum atomic E-state index is 14.8. The highest BCUT2D eigenvalue weighted by Crippen LogP contribution is 2.43. The predicted octanol–water partition coefficient (Wildman–Crippen LogP) is 7.67. The van der Waals surface area contributed by atoms with Crippen molar-refractivity contribution in [2.75, 3.05) is 26.3 Å². The van der Waals surface area contributed by atoms with Crippen LogP contribution in [-0.2, 0) is 19.3 Å². The van der Waals surface area contributed by atoms with E-state index in [-0.39, 0.29) is 12.5 Å². The average molecular weight is 482 g/mol. The molecule has 1 nitrogen and oxygen atoms in total. The van der Waals surface area contributed by atoms with E-state index in [4.69, 9.17) is 0 Å². The van der Waals surface area contributed by atoms with Gasteiger partial charge in [-0.3, -0.25) is 9.29 Å². The highest BCUT2D eigenvalue weighted by molar-refractivity contribution is 6.00. The zero-order valence-corrected chi connectivity index (χ0v) is 20.8. The number of nitrogens with zero attached hydrogens (tertiary/aromatic N) is 1. The van der Waals surface area contributed by atoms with Crippen molar-refractivity contribution in [1.29, 1.82) is 0 Å². The normalized spacial score (nSPS) is 17.4. The van der Waals surface area contributed by atoms with E-state index in [1.807, 2.05) is 0 Å². The van der Waals surface area contributed by atoms with Gasteiger partial charge in [0.2, 0.25) is 0 Å². The first-order valence-corrected chi connectivity index (χ1v) is 13.4. The molecule has 0 bridgehead atoms. The van der Waals surface area contributed by atoms with E-state index < -0.39 is 0 Å². The van der Waals surface area contributed by atoms with Crippen LogP contribution in [0.5, 0.6) is 0 Å². The van der Waals surface area contributed by atoms with Crippen molar-refractivity contribution >= 4 is 17.2 Å². The van der Waals surface area contributed by atoms with Crippen molar-refractivity contribution in [3.8, 4) is 0 Å². The van der Waals surface area contributed by atoms with Crippen LogP contribution in [0.15, 0.2) is 66.2 Å². The molecule has 2 aliphatic carbocycles. The first kappa shape index (κ1) is 23.4. The van der Waals surface area contributed by atoms with Crippen molar-refractivity contribution in [3.63, 3.8) is 0 Å². The second-order valence-corrected chi connectivity index (χ2v) is 10.5. The van der Waals surface area contributed by atoms with E-state index in [9.17, 15) is 8.78 Å². The van der Waals surface area contributed by atoms with E-state index in [1.165, 1.54) is 50.1 Å². The molecule has 1 aliphatic heterocycles. The van der Waals surface area contributed by atoms with Crippen LogP contribution in [0.25, 0.3) is 17.2 Å². The molecule has 184 valence electrons. The number of hydrogen-bond donors (Lipinski definition) is 0. The Morgan fingerprint density at radius 1 is 0.806 bits per heavy atom. The summed E-state index contributed by atoms with van der Waals surface area (Å²) in [6.07, 6.45) is 9.10. The summed E-state index contributed by atoms with van der Waals surface area (Å²) in [6, 6.07) is 21.2. The Labute approximate surface area is 213 Å². The summed E-state index contributed by atoms with van der Waals surface area (Å²) in [6.45, 7) is 2.48. The fourth-order valence-corrected chi connectivity index (χ4v) is 6.30. The van der Waals surface area contributed by atoms with Crippen molar-refractivity contribution in [1.82, 2.24) is 4.90 Å². The Bertz CT molecular complexity index is 1320. The zero-order chi connectivity index (χ0) is 24.5. The second-order valence-electron chi connectivity index (χ2n) is 10.5. The summed E-state index contributed by atoms with van der Waals surface area (Å²) in [7, 11) is 0. The lowest BCUT2D eigenvalue weighted by Crippen LogP contribution is -2.40. The number of benzene rings is 3. The molecule has 0 saturated carbocycles. The van der Waals surface area contributed by atoms with Crippen LogP contribution in [0.3, 0.4) is 0 Å². The zero-order valence-electron chi connectivity index (χ0n) is 20.8. The molecular formula is C33H33F2N. The molecule has 3 aromatic carbocycles. The van der Waals surface area contributed by atoms with E-state index in [1.54, 1.807) is 12.1 Å². The number of alkyl halides is 1. The first-order chi connectivity index (χ1) is 17.7. The van der Waals surface area contributed by atoms with Crippen LogP contribution in [0.4, 0.5) is 8.78 Å². The van der Waals surface area contributed by atoms with E-state index >= 15 is 0 Å². The lowest BCUT2D eigenvalue weighted by molar-refractivity contribution is 0.239. The Morgan fingerprint density at radius 2 is 1.58 bits per heavy atom. The number of hydrogen-bond acceptors (Lipinski definition) is 1. The molecule has 36 heavy (non-hydrogen) atoms. The van der Waals surface area contributed by atoms with Gasteiger partial charge in [-0.2, -0.15) is 0 Å². The molecule has 0 aromatic heterocycles. The Morgan fingerprint density at radius 3 is 2.42 bits per heavy atom. The Balaban J connectivity index is 1.40. The monoisotopic (exact) mass is 481 g/mol. The number of halogens is 2. The van der Waals surface area contributed by atoms with E-state index in [0.717, 1.165) is 63.7 Å². The number of rotatable bonds is 6. The van der Waals surface area contributed by atoms with Crippen LogP contribution in [0.1, 0.15) is 64.6 Å². The topological polar surface area (TPSA) is 3.24 Å². The van der Waals surface area contributed by atoms with E-state index in [2.05, 4.69) is 59.5 Å². The molecule has 3 aromatic rings. The van der Waals surface area contributed by atoms with Crippen LogP contribution in [0.2, 0.25) is 0 Å². The van der Waals surface area contributed by atoms with Crippen molar-refractivity contribution < 1.29 is 8.78 Å². The Kier molecular flexibility index (Phi) is 6.58. The number of allylic oxidation sites excluding steroid dienone is 1. The molecule has 1 saturated heterocycles. The Hall–Kier alpha value is -3.04. The van der Waals surface area contributed by atoms with Gasteiger partial charge in [0.1, 0.15) is 5.82 Å². The fourth-order valence-electron chi connectivity index (χ4n) is 6.30. The summed E-state index contributed by atoms with van der Waals surface area (Å²) in [4.78, 5) is 2.29. The standard InChI is InChI=1S/C33H33F2N/c34-16-5-17-36-21-24(22-36)18-23-12-14-26(15-13-23)33-30-9-2-1-6-25(30)7-3-11-31(33)32-20-28(35)19-27-8-4-10-29(27)32/h1-2,6,9,12-15,18-20H,3-5,7-8,10-11,16-17,21-22H2. The molecule has 1 heterocycles. The highest BCUT2D eigenvalue weighted by Gasteiger charge is 2.25. The smallest absolute Gasteiger partial charge is 0.124 e. The molecule has 0 spiro atoms. The molecular weight excluding hydrogens is 448 g/mol. The SMILES string of the molecule is FCCCN1CC(=Cc2ccc(C3=C(c4cc(F)cc5c4CCC5)CCCc4ccccc43)cc2)C1. The summed E-state index contributed by atoms with van der Waals surface area (Å²) in [5.74, 6) is -0.113. The van der Waals surface area contributed by atoms with Gasteiger partial charge in [0, 0.05) is 19.6 Å². The molecule has 0 amide bonds. The van der Waals surface area contributed by atoms with Crippen molar-refractivity contribution in [2.45, 2.75) is 44.9 Å². The third-order valence-electron chi connectivity index (χ3n) is 8.00. The molecule has 3 heteroatoms. The molecule has 0 N–H and O–H groups in total. The molecule has 0 radical (unpaired) electrons. The maximum Gasteiger partial charge on any atom is 0.124 e. The quantitative estimate of drug-likeness (QED) is 0.349. The highest BCUT2D eigenvalue weighted by atomic mass is 19.1. The fraction of sp³-hybridized carbons (Fsp3) is 0.333. The van der Waals surface area contributed by atoms with Gasteiger partial charge in [-0.25, -0.2) is 4.39 Å². The van der Waals surface area contributed by atoms with Gasteiger partial charge in [0.05, 0.1) is 6.67 Å². The minimum atomic E-state index is -0.240. The van der Waals surface area contributed by atoms with Crippen molar-refractivity contribution in [3.05, 3.63) is 111 Å². The van der Waals surface area contributed by atoms with E-state index in [0.29, 0.717) is 6.42 Å². The lowest BCUT2D eigenvalue weighted by Gasteiger charge is -2.33. The molecule has 1 fully saturated rings. The predicted molar refractivity (Wildman–Crippen MR) is 145 cm³/mol. The summed E-state index contributed by atoms with van der Waals surface area (Å²) < 4.78 is 27.2. The minimum Gasteiger partial charge on any atom is -0.295 e. The van der Waals surface area contributed by atoms with Gasteiger partial charge in [0.15, 0.2) is 0 Å². The molecule has 6 rings (SSSR count). The average Bonchev–Trinajstić information content (AvgIpc) is 3.25. The van der Waals surface area contributed by atoms with Crippen molar-refractivity contribution in [2.24, 2.45) is 0 Å². The van der Waals surface area contributed by atoms with Gasteiger partial charge in [0.25, 0.3) is 0 Å². The van der Waals surface area contributed by atoms with Gasteiger partial charge < -0.3 is 0 Å². The summed E-state index contributed by atoms with van der Waals surface area (Å²) in [5.41, 5.74) is 12.7. The van der Waals surface area contributed by atoms with Gasteiger partial charge in [-0.15, -0.1) is 0 Å². The molecule has 0 unspecified atom stereocenters. The number of aryl methyl sites for hydroxylation is 2. The third-order valence-corrected chi connectivity index (χ3v) is 8.00. The van der Waals surface area contributed by atoms with Gasteiger partial charge >= 0.3 is 0 Å². The second kappa shape index (κ2) is 10.1. The van der Waals surface area contributed by atoms with Gasteiger partial charge in [-0.1, -0.05) is 54.6 Å². The summed E-state index contributed by atoms with van der Waals surface area (Å²) >= 11 is 0. The molecule has 0 atom stereocenters. The minimum absolute atomic E-state index is 0.113. The first-order valence-electron chi connectivity index (χ1n) is 13.4. The molecule has 3 aliphatic rings. The summed E-state index contributed by atoms with van der Waals surface area (Å²) in [5, 5.41) is 0. The maximum absolute atomic E-state index is 14.8. The van der Waals surface area contributed by atoms with Crippen LogP contribution < -0.4 is 0 Å². The van der Waals surface area contributed by atoms with Crippen LogP contribution in [0, 0.1) is 5.82 Å². The number of likely N-dealkylation sites (tertiary alicyclic amines) is 1. The van der Waals surface area contributed by atoms with Crippen LogP contribution >= 0.6 is 0 Å². The lowest BCUT2D eigenvalue weighted by atomic mass is 9.85. The largest absolute Gasteiger partial charge is 0.295 e. The number of fused-ring (bicyclic) bond motifs is 2.